The van der Waals surface area contributed by atoms with E-state index < -0.39 is 5.91 Å². The summed E-state index contributed by atoms with van der Waals surface area (Å²) in [6.07, 6.45) is 3.10. The second-order valence-electron chi connectivity index (χ2n) is 6.67. The molecule has 1 saturated carbocycles. The van der Waals surface area contributed by atoms with Crippen LogP contribution in [0, 0.1) is 12.8 Å². The van der Waals surface area contributed by atoms with Gasteiger partial charge in [-0.1, -0.05) is 23.2 Å². The van der Waals surface area contributed by atoms with Gasteiger partial charge < -0.3 is 15.4 Å². The molecule has 0 aliphatic heterocycles. The first kappa shape index (κ1) is 19.9. The summed E-state index contributed by atoms with van der Waals surface area (Å²) < 4.78 is 5.87. The molecule has 2 aromatic heterocycles. The van der Waals surface area contributed by atoms with Crippen molar-refractivity contribution in [3.05, 3.63) is 38.9 Å². The summed E-state index contributed by atoms with van der Waals surface area (Å²) in [5.41, 5.74) is 1.76. The zero-order valence-corrected chi connectivity index (χ0v) is 17.8. The molecule has 0 unspecified atom stereocenters. The smallest absolute Gasteiger partial charge is 0.258 e. The summed E-state index contributed by atoms with van der Waals surface area (Å²) in [5, 5.41) is 7.78. The second kappa shape index (κ2) is 7.78. The van der Waals surface area contributed by atoms with E-state index in [-0.39, 0.29) is 22.5 Å². The number of hydrogen-bond acceptors (Lipinski definition) is 6. The van der Waals surface area contributed by atoms with Crippen molar-refractivity contribution in [2.75, 3.05) is 17.7 Å². The molecule has 0 spiro atoms. The molecule has 0 radical (unpaired) electrons. The molecule has 4 rings (SSSR count). The number of halogens is 2. The number of rotatable bonds is 5. The number of hydrogen-bond donors (Lipinski definition) is 2. The molecular weight excluding hydrogens is 435 g/mol. The van der Waals surface area contributed by atoms with E-state index in [9.17, 15) is 9.59 Å². The fourth-order valence-electron chi connectivity index (χ4n) is 2.84. The standard InChI is InChI=1S/C19H16Cl2N4O3S/c1-8-5-11(28-2)13(21)15(12(8)20)24-19(27)10-6-29-16-14(10)22-7-23-17(16)25-18(26)9-3-4-9/h5-7,9H,3-4H2,1-2H3,(H,24,27)(H,22,23,25,26). The normalized spacial score (nSPS) is 13.4. The maximum Gasteiger partial charge on any atom is 0.258 e. The molecule has 0 saturated heterocycles. The zero-order chi connectivity index (χ0) is 20.7. The maximum atomic E-state index is 12.9. The Morgan fingerprint density at radius 3 is 2.66 bits per heavy atom. The number of carbonyl (C=O) groups excluding carboxylic acids is 2. The lowest BCUT2D eigenvalue weighted by atomic mass is 10.2. The lowest BCUT2D eigenvalue weighted by Gasteiger charge is -2.14. The summed E-state index contributed by atoms with van der Waals surface area (Å²) >= 11 is 14.0. The van der Waals surface area contributed by atoms with Gasteiger partial charge in [0.15, 0.2) is 5.82 Å². The summed E-state index contributed by atoms with van der Waals surface area (Å²) in [6, 6.07) is 1.70. The quantitative estimate of drug-likeness (QED) is 0.575. The van der Waals surface area contributed by atoms with Crippen LogP contribution in [0.4, 0.5) is 11.5 Å². The molecule has 7 nitrogen and oxygen atoms in total. The Hall–Kier alpha value is -2.42. The summed E-state index contributed by atoms with van der Waals surface area (Å²) in [5.74, 6) is 0.375. The first-order valence-corrected chi connectivity index (χ1v) is 10.4. The van der Waals surface area contributed by atoms with E-state index in [2.05, 4.69) is 20.6 Å². The summed E-state index contributed by atoms with van der Waals surface area (Å²) in [7, 11) is 1.49. The molecule has 2 N–H and O–H groups in total. The molecule has 2 amide bonds. The Labute approximate surface area is 180 Å². The highest BCUT2D eigenvalue weighted by atomic mass is 35.5. The average molecular weight is 451 g/mol. The van der Waals surface area contributed by atoms with Crippen molar-refractivity contribution in [1.29, 1.82) is 0 Å². The van der Waals surface area contributed by atoms with Crippen molar-refractivity contribution < 1.29 is 14.3 Å². The van der Waals surface area contributed by atoms with E-state index in [1.807, 2.05) is 0 Å². The Balaban J connectivity index is 1.66. The van der Waals surface area contributed by atoms with Crippen LogP contribution < -0.4 is 15.4 Å². The first-order valence-electron chi connectivity index (χ1n) is 8.77. The minimum atomic E-state index is -0.425. The number of methoxy groups -OCH3 is 1. The van der Waals surface area contributed by atoms with Gasteiger partial charge in [0.25, 0.3) is 5.91 Å². The van der Waals surface area contributed by atoms with Gasteiger partial charge >= 0.3 is 0 Å². The van der Waals surface area contributed by atoms with Crippen molar-refractivity contribution in [2.45, 2.75) is 19.8 Å². The van der Waals surface area contributed by atoms with Gasteiger partial charge in [0, 0.05) is 11.3 Å². The molecule has 0 atom stereocenters. The molecule has 10 heteroatoms. The topological polar surface area (TPSA) is 93.2 Å². The van der Waals surface area contributed by atoms with Crippen molar-refractivity contribution in [3.63, 3.8) is 0 Å². The lowest BCUT2D eigenvalue weighted by Crippen LogP contribution is -2.15. The molecule has 3 aromatic rings. The van der Waals surface area contributed by atoms with Crippen LogP contribution in [-0.4, -0.2) is 28.9 Å². The molecule has 2 heterocycles. The van der Waals surface area contributed by atoms with Crippen molar-refractivity contribution in [2.24, 2.45) is 5.92 Å². The summed E-state index contributed by atoms with van der Waals surface area (Å²) in [6.45, 7) is 1.79. The third-order valence-electron chi connectivity index (χ3n) is 4.60. The van der Waals surface area contributed by atoms with Crippen LogP contribution in [0.3, 0.4) is 0 Å². The number of anilines is 2. The number of nitrogens with zero attached hydrogens (tertiary/aromatic N) is 2. The van der Waals surface area contributed by atoms with Gasteiger partial charge in [0.1, 0.15) is 17.1 Å². The number of aromatic nitrogens is 2. The largest absolute Gasteiger partial charge is 0.495 e. The first-order chi connectivity index (χ1) is 13.9. The van der Waals surface area contributed by atoms with Crippen LogP contribution in [0.25, 0.3) is 10.2 Å². The minimum absolute atomic E-state index is 0.0448. The van der Waals surface area contributed by atoms with Crippen LogP contribution in [0.2, 0.25) is 10.0 Å². The molecule has 1 aliphatic carbocycles. The molecule has 29 heavy (non-hydrogen) atoms. The number of fused-ring (bicyclic) bond motifs is 1. The van der Waals surface area contributed by atoms with Gasteiger partial charge in [-0.25, -0.2) is 9.97 Å². The SMILES string of the molecule is COc1cc(C)c(Cl)c(NC(=O)c2csc3c(NC(=O)C4CC4)ncnc23)c1Cl. The van der Waals surface area contributed by atoms with Crippen LogP contribution in [0.15, 0.2) is 17.8 Å². The minimum Gasteiger partial charge on any atom is -0.495 e. The van der Waals surface area contributed by atoms with Crippen LogP contribution in [0.1, 0.15) is 28.8 Å². The van der Waals surface area contributed by atoms with Crippen molar-refractivity contribution in [3.8, 4) is 5.75 Å². The molecule has 1 fully saturated rings. The van der Waals surface area contributed by atoms with Gasteiger partial charge in [-0.3, -0.25) is 9.59 Å². The van der Waals surface area contributed by atoms with Gasteiger partial charge in [0.2, 0.25) is 5.91 Å². The molecule has 1 aliphatic rings. The number of thiophene rings is 1. The third kappa shape index (κ3) is 3.75. The van der Waals surface area contributed by atoms with Crippen LogP contribution in [-0.2, 0) is 4.79 Å². The molecule has 150 valence electrons. The van der Waals surface area contributed by atoms with Crippen molar-refractivity contribution in [1.82, 2.24) is 9.97 Å². The number of nitrogens with one attached hydrogen (secondary N) is 2. The van der Waals surface area contributed by atoms with Gasteiger partial charge in [-0.15, -0.1) is 11.3 Å². The predicted molar refractivity (Wildman–Crippen MR) is 114 cm³/mol. The average Bonchev–Trinajstić information content (AvgIpc) is 3.47. The number of ether oxygens (including phenoxy) is 1. The Morgan fingerprint density at radius 1 is 1.21 bits per heavy atom. The molecule has 1 aromatic carbocycles. The Bertz CT molecular complexity index is 1140. The Kier molecular flexibility index (Phi) is 5.33. The van der Waals surface area contributed by atoms with E-state index in [1.165, 1.54) is 24.8 Å². The molecule has 0 bridgehead atoms. The fourth-order valence-corrected chi connectivity index (χ4v) is 4.31. The van der Waals surface area contributed by atoms with E-state index in [0.717, 1.165) is 12.8 Å². The molecular formula is C19H16Cl2N4O3S. The van der Waals surface area contributed by atoms with E-state index >= 15 is 0 Å². The van der Waals surface area contributed by atoms with Gasteiger partial charge in [-0.05, 0) is 31.4 Å². The van der Waals surface area contributed by atoms with E-state index in [0.29, 0.717) is 37.9 Å². The van der Waals surface area contributed by atoms with Gasteiger partial charge in [-0.2, -0.15) is 0 Å². The number of aryl methyl sites for hydroxylation is 1. The zero-order valence-electron chi connectivity index (χ0n) is 15.5. The predicted octanol–water partition coefficient (Wildman–Crippen LogP) is 4.92. The Morgan fingerprint density at radius 2 is 1.97 bits per heavy atom. The van der Waals surface area contributed by atoms with E-state index in [4.69, 9.17) is 27.9 Å². The highest BCUT2D eigenvalue weighted by Gasteiger charge is 2.30. The van der Waals surface area contributed by atoms with Crippen LogP contribution in [0.5, 0.6) is 5.75 Å². The van der Waals surface area contributed by atoms with Crippen LogP contribution >= 0.6 is 34.5 Å². The number of carbonyl (C=O) groups is 2. The van der Waals surface area contributed by atoms with Gasteiger partial charge in [0.05, 0.1) is 33.6 Å². The maximum absolute atomic E-state index is 12.9. The highest BCUT2D eigenvalue weighted by molar-refractivity contribution is 7.18. The number of amides is 2. The third-order valence-corrected chi connectivity index (χ3v) is 6.43. The number of benzene rings is 1. The second-order valence-corrected chi connectivity index (χ2v) is 8.30. The summed E-state index contributed by atoms with van der Waals surface area (Å²) in [4.78, 5) is 33.4. The van der Waals surface area contributed by atoms with E-state index in [1.54, 1.807) is 18.4 Å². The fraction of sp³-hybridized carbons (Fsp3) is 0.263. The van der Waals surface area contributed by atoms with Crippen molar-refractivity contribution >= 4 is 68.1 Å². The highest BCUT2D eigenvalue weighted by Crippen LogP contribution is 2.41. The monoisotopic (exact) mass is 450 g/mol. The lowest BCUT2D eigenvalue weighted by molar-refractivity contribution is -0.117.